The monoisotopic (exact) mass is 438 g/mol. The van der Waals surface area contributed by atoms with Crippen LogP contribution in [-0.2, 0) is 4.74 Å². The van der Waals surface area contributed by atoms with E-state index in [1.54, 1.807) is 25.6 Å². The van der Waals surface area contributed by atoms with E-state index in [4.69, 9.17) is 25.8 Å². The van der Waals surface area contributed by atoms with E-state index >= 15 is 0 Å². The van der Waals surface area contributed by atoms with Gasteiger partial charge in [-0.05, 0) is 47.9 Å². The average Bonchev–Trinajstić information content (AvgIpc) is 2.82. The van der Waals surface area contributed by atoms with Crippen molar-refractivity contribution in [3.63, 3.8) is 0 Å². The molecular formula is C24H23ClN2O4. The molecule has 4 rings (SSSR count). The maximum atomic E-state index is 12.0. The lowest BCUT2D eigenvalue weighted by Gasteiger charge is -2.27. The number of hydrogen-bond acceptors (Lipinski definition) is 6. The van der Waals surface area contributed by atoms with E-state index in [2.05, 4.69) is 16.4 Å². The van der Waals surface area contributed by atoms with Crippen LogP contribution in [0, 0.1) is 0 Å². The summed E-state index contributed by atoms with van der Waals surface area (Å²) in [5.74, 6) is 1.42. The van der Waals surface area contributed by atoms with Crippen LogP contribution in [0.3, 0.4) is 0 Å². The largest absolute Gasteiger partial charge is 0.497 e. The van der Waals surface area contributed by atoms with E-state index in [0.29, 0.717) is 29.4 Å². The van der Waals surface area contributed by atoms with Crippen molar-refractivity contribution in [2.75, 3.05) is 32.7 Å². The van der Waals surface area contributed by atoms with Gasteiger partial charge in [-0.1, -0.05) is 23.7 Å². The highest BCUT2D eigenvalue weighted by molar-refractivity contribution is 6.33. The number of nitrogens with one attached hydrogen (secondary N) is 1. The molecule has 0 bridgehead atoms. The van der Waals surface area contributed by atoms with Crippen molar-refractivity contribution < 1.29 is 19.0 Å². The second-order valence-corrected chi connectivity index (χ2v) is 7.63. The highest BCUT2D eigenvalue weighted by Gasteiger charge is 2.23. The minimum Gasteiger partial charge on any atom is -0.497 e. The van der Waals surface area contributed by atoms with Gasteiger partial charge in [0.05, 0.1) is 38.3 Å². The van der Waals surface area contributed by atoms with Gasteiger partial charge in [-0.15, -0.1) is 0 Å². The first-order chi connectivity index (χ1) is 15.1. The predicted octanol–water partition coefficient (Wildman–Crippen LogP) is 5.18. The van der Waals surface area contributed by atoms with Gasteiger partial charge in [0.2, 0.25) is 0 Å². The molecule has 0 saturated heterocycles. The first-order valence-electron chi connectivity index (χ1n) is 9.97. The van der Waals surface area contributed by atoms with E-state index < -0.39 is 5.97 Å². The average molecular weight is 439 g/mol. The smallest absolute Gasteiger partial charge is 0.340 e. The normalized spacial score (nSPS) is 14.9. The minimum absolute atomic E-state index is 0.226. The Hall–Kier alpha value is -3.25. The number of fused-ring (bicyclic) bond motifs is 1. The second kappa shape index (κ2) is 9.27. The summed E-state index contributed by atoms with van der Waals surface area (Å²) in [6, 6.07) is 13.4. The summed E-state index contributed by atoms with van der Waals surface area (Å²) in [7, 11) is 3.00. The fourth-order valence-corrected chi connectivity index (χ4v) is 3.98. The number of nitrogens with zero attached hydrogens (tertiary/aromatic N) is 1. The number of methoxy groups -OCH3 is 2. The summed E-state index contributed by atoms with van der Waals surface area (Å²) in [6.45, 7) is 1.26. The number of carbonyl (C=O) groups is 1. The molecule has 0 fully saturated rings. The quantitative estimate of drug-likeness (QED) is 0.535. The van der Waals surface area contributed by atoms with Crippen LogP contribution in [0.1, 0.15) is 28.3 Å². The predicted molar refractivity (Wildman–Crippen MR) is 120 cm³/mol. The van der Waals surface area contributed by atoms with Gasteiger partial charge in [0.25, 0.3) is 0 Å². The van der Waals surface area contributed by atoms with Crippen LogP contribution in [0.4, 0.5) is 5.69 Å². The molecule has 0 amide bonds. The Balaban J connectivity index is 1.57. The number of rotatable bonds is 6. The van der Waals surface area contributed by atoms with Crippen LogP contribution < -0.4 is 14.8 Å². The lowest BCUT2D eigenvalue weighted by atomic mass is 9.91. The van der Waals surface area contributed by atoms with Gasteiger partial charge < -0.3 is 19.5 Å². The van der Waals surface area contributed by atoms with Crippen LogP contribution in [-0.4, -0.2) is 38.3 Å². The molecule has 0 spiro atoms. The van der Waals surface area contributed by atoms with Crippen LogP contribution >= 0.6 is 11.6 Å². The SMILES string of the molecule is COC(=O)c1ccncc1NC[C@@H]1CCOc2cc(-c3cc(OC)ccc3Cl)ccc21. The number of pyridine rings is 1. The molecule has 1 N–H and O–H groups in total. The molecule has 2 aromatic carbocycles. The third kappa shape index (κ3) is 4.44. The third-order valence-corrected chi connectivity index (χ3v) is 5.76. The summed E-state index contributed by atoms with van der Waals surface area (Å²) in [6.07, 6.45) is 4.08. The highest BCUT2D eigenvalue weighted by atomic mass is 35.5. The number of halogens is 1. The zero-order valence-electron chi connectivity index (χ0n) is 17.4. The van der Waals surface area contributed by atoms with Crippen molar-refractivity contribution in [3.8, 4) is 22.6 Å². The van der Waals surface area contributed by atoms with Crippen molar-refractivity contribution in [2.24, 2.45) is 0 Å². The first-order valence-corrected chi connectivity index (χ1v) is 10.4. The summed E-state index contributed by atoms with van der Waals surface area (Å²) < 4.78 is 16.1. The molecular weight excluding hydrogens is 416 g/mol. The lowest BCUT2D eigenvalue weighted by Crippen LogP contribution is -2.21. The van der Waals surface area contributed by atoms with Crippen molar-refractivity contribution in [1.29, 1.82) is 0 Å². The van der Waals surface area contributed by atoms with Gasteiger partial charge >= 0.3 is 5.97 Å². The molecule has 0 unspecified atom stereocenters. The van der Waals surface area contributed by atoms with Crippen LogP contribution in [0.25, 0.3) is 11.1 Å². The standard InChI is InChI=1S/C24H23ClN2O4/c1-29-17-4-6-21(25)20(12-17)15-3-5-18-16(8-10-31-23(18)11-15)13-27-22-14-26-9-7-19(22)24(28)30-2/h3-7,9,11-12,14,16,27H,8,10,13H2,1-2H3/t16-/m0/s1. The Morgan fingerprint density at radius 1 is 1.23 bits per heavy atom. The van der Waals surface area contributed by atoms with Crippen LogP contribution in [0.15, 0.2) is 54.9 Å². The summed E-state index contributed by atoms with van der Waals surface area (Å²) in [4.78, 5) is 16.1. The fourth-order valence-electron chi connectivity index (χ4n) is 3.75. The molecule has 0 radical (unpaired) electrons. The number of anilines is 1. The van der Waals surface area contributed by atoms with Crippen molar-refractivity contribution in [2.45, 2.75) is 12.3 Å². The van der Waals surface area contributed by atoms with Crippen LogP contribution in [0.5, 0.6) is 11.5 Å². The Morgan fingerprint density at radius 3 is 2.90 bits per heavy atom. The number of hydrogen-bond donors (Lipinski definition) is 1. The van der Waals surface area contributed by atoms with E-state index in [9.17, 15) is 4.79 Å². The van der Waals surface area contributed by atoms with E-state index in [1.165, 1.54) is 7.11 Å². The maximum absolute atomic E-state index is 12.0. The summed E-state index contributed by atoms with van der Waals surface area (Å²) in [5.41, 5.74) is 4.10. The fraction of sp³-hybridized carbons (Fsp3) is 0.250. The molecule has 1 atom stereocenters. The molecule has 0 saturated carbocycles. The van der Waals surface area contributed by atoms with E-state index in [-0.39, 0.29) is 5.92 Å². The van der Waals surface area contributed by atoms with Gasteiger partial charge in [-0.3, -0.25) is 4.98 Å². The van der Waals surface area contributed by atoms with Crippen molar-refractivity contribution in [1.82, 2.24) is 4.98 Å². The number of esters is 1. The Morgan fingerprint density at radius 2 is 2.10 bits per heavy atom. The molecule has 1 aromatic heterocycles. The summed E-state index contributed by atoms with van der Waals surface area (Å²) in [5, 5.41) is 4.01. The highest BCUT2D eigenvalue weighted by Crippen LogP contribution is 2.39. The topological polar surface area (TPSA) is 69.7 Å². The number of aromatic nitrogens is 1. The Labute approximate surface area is 186 Å². The number of carbonyl (C=O) groups excluding carboxylic acids is 1. The molecule has 7 heteroatoms. The van der Waals surface area contributed by atoms with Crippen molar-refractivity contribution in [3.05, 3.63) is 71.0 Å². The maximum Gasteiger partial charge on any atom is 0.340 e. The third-order valence-electron chi connectivity index (χ3n) is 5.43. The molecule has 0 aliphatic carbocycles. The molecule has 6 nitrogen and oxygen atoms in total. The molecule has 1 aliphatic heterocycles. The lowest BCUT2D eigenvalue weighted by molar-refractivity contribution is 0.0601. The Kier molecular flexibility index (Phi) is 6.28. The minimum atomic E-state index is -0.392. The van der Waals surface area contributed by atoms with Gasteiger partial charge in [-0.25, -0.2) is 4.79 Å². The number of ether oxygens (including phenoxy) is 3. The Bertz CT molecular complexity index is 1100. The molecule has 3 aromatic rings. The number of benzene rings is 2. The zero-order chi connectivity index (χ0) is 21.8. The van der Waals surface area contributed by atoms with Crippen LogP contribution in [0.2, 0.25) is 5.02 Å². The van der Waals surface area contributed by atoms with Gasteiger partial charge in [-0.2, -0.15) is 0 Å². The van der Waals surface area contributed by atoms with Gasteiger partial charge in [0.1, 0.15) is 11.5 Å². The van der Waals surface area contributed by atoms with E-state index in [1.807, 2.05) is 30.3 Å². The summed E-state index contributed by atoms with van der Waals surface area (Å²) >= 11 is 6.42. The van der Waals surface area contributed by atoms with Gasteiger partial charge in [0, 0.05) is 29.2 Å². The molecule has 1 aliphatic rings. The first kappa shape index (κ1) is 21.0. The van der Waals surface area contributed by atoms with E-state index in [0.717, 1.165) is 34.6 Å². The van der Waals surface area contributed by atoms with Gasteiger partial charge in [0.15, 0.2) is 0 Å². The molecule has 31 heavy (non-hydrogen) atoms. The molecule has 2 heterocycles. The zero-order valence-corrected chi connectivity index (χ0v) is 18.1. The van der Waals surface area contributed by atoms with Crippen molar-refractivity contribution >= 4 is 23.3 Å². The molecule has 160 valence electrons. The second-order valence-electron chi connectivity index (χ2n) is 7.23.